The van der Waals surface area contributed by atoms with E-state index in [1.165, 1.54) is 29.6 Å². The number of rotatable bonds is 6. The molecule has 2 fully saturated rings. The average molecular weight is 529 g/mol. The number of likely N-dealkylation sites (tertiary alicyclic amines) is 1. The minimum absolute atomic E-state index is 0.00290. The Balaban J connectivity index is 1.43. The molecule has 2 aliphatic heterocycles. The largest absolute Gasteiger partial charge is 0.463 e. The van der Waals surface area contributed by atoms with Crippen LogP contribution in [0.5, 0.6) is 5.88 Å². The van der Waals surface area contributed by atoms with Crippen molar-refractivity contribution in [2.75, 3.05) is 19.7 Å². The van der Waals surface area contributed by atoms with Gasteiger partial charge < -0.3 is 15.4 Å². The van der Waals surface area contributed by atoms with Crippen LogP contribution in [0, 0.1) is 24.2 Å². The van der Waals surface area contributed by atoms with Crippen LogP contribution in [0.3, 0.4) is 0 Å². The molecule has 2 N–H and O–H groups in total. The first kappa shape index (κ1) is 25.1. The van der Waals surface area contributed by atoms with E-state index in [1.54, 1.807) is 6.92 Å². The number of pyridine rings is 1. The lowest BCUT2D eigenvalue weighted by Crippen LogP contribution is -2.45. The summed E-state index contributed by atoms with van der Waals surface area (Å²) in [6.07, 6.45) is 9.52. The van der Waals surface area contributed by atoms with E-state index in [0.29, 0.717) is 19.4 Å². The van der Waals surface area contributed by atoms with Crippen LogP contribution >= 0.6 is 11.8 Å². The van der Waals surface area contributed by atoms with Crippen LogP contribution < -0.4 is 10.5 Å². The molecule has 1 unspecified atom stereocenters. The number of carbonyl (C=O) groups excluding carboxylic acids is 1. The number of aromatic nitrogens is 3. The summed E-state index contributed by atoms with van der Waals surface area (Å²) in [6.45, 7) is 2.06. The van der Waals surface area contributed by atoms with Crippen molar-refractivity contribution in [3.05, 3.63) is 47.4 Å². The highest BCUT2D eigenvalue weighted by atomic mass is 32.2. The van der Waals surface area contributed by atoms with Crippen LogP contribution in [-0.4, -0.2) is 61.5 Å². The van der Waals surface area contributed by atoms with E-state index in [-0.39, 0.29) is 52.8 Å². The van der Waals surface area contributed by atoms with Crippen LogP contribution in [0.25, 0.3) is 11.9 Å². The maximum atomic E-state index is 15.1. The van der Waals surface area contributed by atoms with Crippen molar-refractivity contribution < 1.29 is 22.7 Å². The second-order valence-electron chi connectivity index (χ2n) is 9.31. The molecule has 37 heavy (non-hydrogen) atoms. The molecule has 3 aliphatic rings. The maximum Gasteiger partial charge on any atom is 0.239 e. The second kappa shape index (κ2) is 9.37. The van der Waals surface area contributed by atoms with Crippen LogP contribution in [0.1, 0.15) is 36.6 Å². The Morgan fingerprint density at radius 1 is 1.38 bits per heavy atom. The number of thioether (sulfide) groups is 1. The number of alkyl halides is 1. The van der Waals surface area contributed by atoms with Crippen molar-refractivity contribution in [2.45, 2.75) is 36.2 Å². The van der Waals surface area contributed by atoms with Crippen molar-refractivity contribution in [1.29, 1.82) is 0 Å². The number of amides is 1. The molecule has 1 saturated carbocycles. The van der Waals surface area contributed by atoms with E-state index >= 15 is 4.39 Å². The van der Waals surface area contributed by atoms with Gasteiger partial charge in [-0.05, 0) is 37.5 Å². The van der Waals surface area contributed by atoms with Gasteiger partial charge in [0.25, 0.3) is 0 Å². The Morgan fingerprint density at radius 2 is 2.19 bits per heavy atom. The van der Waals surface area contributed by atoms with E-state index in [2.05, 4.69) is 25.9 Å². The van der Waals surface area contributed by atoms with Gasteiger partial charge in [-0.2, -0.15) is 4.39 Å². The van der Waals surface area contributed by atoms with E-state index in [0.717, 1.165) is 17.8 Å². The number of fused-ring (bicyclic) bond motifs is 1. The zero-order valence-electron chi connectivity index (χ0n) is 19.8. The third-order valence-corrected chi connectivity index (χ3v) is 8.16. The first-order valence-electron chi connectivity index (χ1n) is 11.6. The van der Waals surface area contributed by atoms with Crippen LogP contribution in [0.4, 0.5) is 13.2 Å². The zero-order chi connectivity index (χ0) is 26.4. The van der Waals surface area contributed by atoms with Gasteiger partial charge >= 0.3 is 0 Å². The Labute approximate surface area is 215 Å². The van der Waals surface area contributed by atoms with Crippen molar-refractivity contribution in [3.8, 4) is 18.2 Å². The summed E-state index contributed by atoms with van der Waals surface area (Å²) >= 11 is 1.14. The van der Waals surface area contributed by atoms with Gasteiger partial charge in [0.1, 0.15) is 16.6 Å². The van der Waals surface area contributed by atoms with Crippen molar-refractivity contribution in [3.63, 3.8) is 0 Å². The number of ether oxygens (including phenoxy) is 1. The number of nitrogens with two attached hydrogens (primary N) is 1. The third-order valence-electron chi connectivity index (χ3n) is 6.87. The summed E-state index contributed by atoms with van der Waals surface area (Å²) in [5.74, 6) is 0.322. The summed E-state index contributed by atoms with van der Waals surface area (Å²) in [4.78, 5) is 31.1. The number of terminal acetylenes is 1. The number of hydrogen-bond acceptors (Lipinski definition) is 8. The van der Waals surface area contributed by atoms with Gasteiger partial charge in [-0.3, -0.25) is 9.79 Å². The summed E-state index contributed by atoms with van der Waals surface area (Å²) in [6, 6.07) is 1.44. The van der Waals surface area contributed by atoms with Crippen LogP contribution in [0.15, 0.2) is 29.6 Å². The lowest BCUT2D eigenvalue weighted by molar-refractivity contribution is -0.131. The fraction of sp³-hybridized carbons (Fsp3) is 0.400. The minimum Gasteiger partial charge on any atom is -0.463 e. The van der Waals surface area contributed by atoms with E-state index in [4.69, 9.17) is 16.9 Å². The number of nitrogens with zero attached hydrogens (tertiary/aromatic N) is 5. The molecular formula is C25H23F3N6O2S. The molecule has 0 bridgehead atoms. The highest BCUT2D eigenvalue weighted by Crippen LogP contribution is 2.66. The Morgan fingerprint density at radius 3 is 2.86 bits per heavy atom. The molecule has 2 aromatic heterocycles. The summed E-state index contributed by atoms with van der Waals surface area (Å²) in [5, 5.41) is 0.134. The number of aliphatic imine (C=N–C) groups is 1. The third kappa shape index (κ3) is 4.52. The average Bonchev–Trinajstić information content (AvgIpc) is 3.48. The van der Waals surface area contributed by atoms with E-state index in [1.807, 2.05) is 0 Å². The quantitative estimate of drug-likeness (QED) is 0.454. The smallest absolute Gasteiger partial charge is 0.239 e. The molecule has 12 heteroatoms. The van der Waals surface area contributed by atoms with Gasteiger partial charge in [-0.1, -0.05) is 17.7 Å². The summed E-state index contributed by atoms with van der Waals surface area (Å²) < 4.78 is 47.9. The predicted octanol–water partition coefficient (Wildman–Crippen LogP) is 3.10. The molecule has 192 valence electrons. The predicted molar refractivity (Wildman–Crippen MR) is 133 cm³/mol. The number of carbonyl (C=O) groups is 1. The van der Waals surface area contributed by atoms with Gasteiger partial charge in [0, 0.05) is 24.2 Å². The van der Waals surface area contributed by atoms with Gasteiger partial charge in [0.15, 0.2) is 17.6 Å². The first-order chi connectivity index (χ1) is 17.7. The molecule has 0 aromatic carbocycles. The Hall–Kier alpha value is -3.59. The molecular weight excluding hydrogens is 505 g/mol. The van der Waals surface area contributed by atoms with Crippen molar-refractivity contribution in [1.82, 2.24) is 19.9 Å². The molecule has 4 heterocycles. The number of hydrogen-bond donors (Lipinski definition) is 1. The fourth-order valence-corrected chi connectivity index (χ4v) is 6.42. The Bertz CT molecular complexity index is 1350. The first-order valence-corrected chi connectivity index (χ1v) is 12.4. The second-order valence-corrected chi connectivity index (χ2v) is 10.7. The summed E-state index contributed by atoms with van der Waals surface area (Å²) in [5.41, 5.74) is 5.19. The maximum absolute atomic E-state index is 15.1. The molecule has 0 spiro atoms. The fourth-order valence-electron chi connectivity index (χ4n) is 4.97. The SMILES string of the molecule is C#CCOc1cnc(/C(F)=C/c2cnc(F)c([C@@]3(C)N=C(N)S[C@@]4(C(=O)N5CC[C@H](F)C5)CC43)c2)cn1. The molecule has 4 atom stereocenters. The molecule has 0 radical (unpaired) electrons. The molecule has 1 saturated heterocycles. The van der Waals surface area contributed by atoms with E-state index in [9.17, 15) is 13.6 Å². The van der Waals surface area contributed by atoms with Gasteiger partial charge in [0.05, 0.1) is 24.5 Å². The van der Waals surface area contributed by atoms with Crippen molar-refractivity contribution in [2.24, 2.45) is 16.6 Å². The van der Waals surface area contributed by atoms with Gasteiger partial charge in [-0.15, -0.1) is 6.42 Å². The zero-order valence-corrected chi connectivity index (χ0v) is 20.6. The molecule has 5 rings (SSSR count). The highest BCUT2D eigenvalue weighted by Gasteiger charge is 2.71. The molecule has 1 amide bonds. The lowest BCUT2D eigenvalue weighted by Gasteiger charge is -2.34. The van der Waals surface area contributed by atoms with Gasteiger partial charge in [-0.25, -0.2) is 23.7 Å². The molecule has 2 aromatic rings. The van der Waals surface area contributed by atoms with Crippen LogP contribution in [0.2, 0.25) is 0 Å². The monoisotopic (exact) mass is 528 g/mol. The van der Waals surface area contributed by atoms with E-state index < -0.39 is 28.2 Å². The number of halogens is 3. The highest BCUT2D eigenvalue weighted by molar-refractivity contribution is 8.15. The minimum atomic E-state index is -1.22. The van der Waals surface area contributed by atoms with Gasteiger partial charge in [0.2, 0.25) is 17.7 Å². The normalized spacial score (nSPS) is 28.8. The topological polar surface area (TPSA) is 107 Å². The number of amidine groups is 1. The standard InChI is InChI=1S/C25H23F3N6O2S/c1-3-6-36-20-12-30-18(11-31-20)17(27)8-14-7-16(21(28)32-10-14)24(2)19-9-25(19,37-23(29)33-24)22(35)34-5-4-15(26)13-34/h1,7-8,10-12,15,19H,4-6,9,13H2,2H3,(H2,29,33)/b17-8-/t15-,19?,24+,25-/m0/s1. The summed E-state index contributed by atoms with van der Waals surface area (Å²) in [7, 11) is 0. The molecule has 1 aliphatic carbocycles. The molecule has 8 nitrogen and oxygen atoms in total. The van der Waals surface area contributed by atoms with Crippen LogP contribution in [-0.2, 0) is 10.3 Å². The Kier molecular flexibility index (Phi) is 6.35. The lowest BCUT2D eigenvalue weighted by atomic mass is 9.86. The van der Waals surface area contributed by atoms with Crippen molar-refractivity contribution >= 4 is 34.7 Å².